The van der Waals surface area contributed by atoms with E-state index in [4.69, 9.17) is 9.84 Å². The van der Waals surface area contributed by atoms with E-state index in [2.05, 4.69) is 10.7 Å². The minimum absolute atomic E-state index is 0.0173. The van der Waals surface area contributed by atoms with Gasteiger partial charge in [0.15, 0.2) is 0 Å². The van der Waals surface area contributed by atoms with Gasteiger partial charge in [-0.15, -0.1) is 0 Å². The summed E-state index contributed by atoms with van der Waals surface area (Å²) in [4.78, 5) is 40.2. The Morgan fingerprint density at radius 3 is 2.70 bits per heavy atom. The molecule has 166 valence electrons. The van der Waals surface area contributed by atoms with Crippen LogP contribution in [-0.4, -0.2) is 96.7 Å². The normalized spacial score (nSPS) is 23.2. The zero-order valence-electron chi connectivity index (χ0n) is 17.4. The lowest BCUT2D eigenvalue weighted by atomic mass is 10.1. The van der Waals surface area contributed by atoms with Crippen LogP contribution in [0.5, 0.6) is 0 Å². The molecule has 0 bridgehead atoms. The fourth-order valence-corrected chi connectivity index (χ4v) is 4.06. The van der Waals surface area contributed by atoms with Crippen molar-refractivity contribution >= 4 is 17.8 Å². The van der Waals surface area contributed by atoms with Gasteiger partial charge in [-0.05, 0) is 25.7 Å². The van der Waals surface area contributed by atoms with Gasteiger partial charge in [0.1, 0.15) is 11.4 Å². The van der Waals surface area contributed by atoms with Crippen LogP contribution < -0.4 is 10.7 Å². The number of hydrogen-bond acceptors (Lipinski definition) is 7. The molecule has 2 fully saturated rings. The number of carbonyl (C=O) groups excluding carboxylic acids is 2. The van der Waals surface area contributed by atoms with Gasteiger partial charge in [-0.3, -0.25) is 24.7 Å². The topological polar surface area (TPSA) is 114 Å². The van der Waals surface area contributed by atoms with Gasteiger partial charge in [0, 0.05) is 39.8 Å². The van der Waals surface area contributed by atoms with Crippen molar-refractivity contribution in [2.75, 3.05) is 53.0 Å². The largest absolute Gasteiger partial charge is 0.480 e. The van der Waals surface area contributed by atoms with Crippen molar-refractivity contribution in [3.8, 4) is 0 Å². The maximum absolute atomic E-state index is 13.0. The van der Waals surface area contributed by atoms with E-state index in [0.29, 0.717) is 57.0 Å². The molecule has 0 radical (unpaired) electrons. The summed E-state index contributed by atoms with van der Waals surface area (Å²) in [5.41, 5.74) is 3.69. The summed E-state index contributed by atoms with van der Waals surface area (Å²) in [5, 5.41) is 13.9. The molecule has 0 aliphatic carbocycles. The monoisotopic (exact) mass is 421 g/mol. The first-order valence-corrected chi connectivity index (χ1v) is 10.4. The van der Waals surface area contributed by atoms with Crippen LogP contribution in [0.3, 0.4) is 0 Å². The molecule has 3 aliphatic heterocycles. The highest BCUT2D eigenvalue weighted by Gasteiger charge is 2.29. The molecule has 3 aliphatic rings. The van der Waals surface area contributed by atoms with Gasteiger partial charge in [0.2, 0.25) is 0 Å². The van der Waals surface area contributed by atoms with Crippen molar-refractivity contribution in [3.63, 3.8) is 0 Å². The van der Waals surface area contributed by atoms with Crippen LogP contribution in [0, 0.1) is 0 Å². The zero-order chi connectivity index (χ0) is 21.5. The Kier molecular flexibility index (Phi) is 7.83. The Morgan fingerprint density at radius 1 is 1.13 bits per heavy atom. The second-order valence-corrected chi connectivity index (χ2v) is 7.80. The van der Waals surface area contributed by atoms with Crippen molar-refractivity contribution in [3.05, 3.63) is 23.5 Å². The second-order valence-electron chi connectivity index (χ2n) is 7.80. The van der Waals surface area contributed by atoms with E-state index in [-0.39, 0.29) is 24.4 Å². The molecule has 3 N–H and O–H groups in total. The van der Waals surface area contributed by atoms with Crippen LogP contribution in [0.2, 0.25) is 0 Å². The van der Waals surface area contributed by atoms with Crippen molar-refractivity contribution in [2.24, 2.45) is 0 Å². The lowest BCUT2D eigenvalue weighted by Gasteiger charge is -2.27. The third-order valence-electron chi connectivity index (χ3n) is 5.60. The molecule has 30 heavy (non-hydrogen) atoms. The zero-order valence-corrected chi connectivity index (χ0v) is 17.4. The quantitative estimate of drug-likeness (QED) is 0.505. The molecule has 2 saturated heterocycles. The first kappa shape index (κ1) is 22.3. The number of nitrogens with zero attached hydrogens (tertiary/aromatic N) is 3. The molecular formula is C20H31N5O5. The van der Waals surface area contributed by atoms with E-state index in [1.54, 1.807) is 24.2 Å². The summed E-state index contributed by atoms with van der Waals surface area (Å²) in [6.07, 6.45) is 6.73. The first-order valence-electron chi connectivity index (χ1n) is 10.4. The highest BCUT2D eigenvalue weighted by molar-refractivity contribution is 5.98. The number of aliphatic carboxylic acids is 1. The van der Waals surface area contributed by atoms with Crippen LogP contribution >= 0.6 is 0 Å². The molecule has 0 aromatic heterocycles. The van der Waals surface area contributed by atoms with E-state index in [1.165, 1.54) is 0 Å². The number of hydrogen-bond donors (Lipinski definition) is 3. The van der Waals surface area contributed by atoms with Gasteiger partial charge in [-0.25, -0.2) is 5.01 Å². The Bertz CT molecular complexity index is 722. The fourth-order valence-electron chi connectivity index (χ4n) is 4.06. The summed E-state index contributed by atoms with van der Waals surface area (Å²) in [6.45, 7) is 3.50. The number of nitrogens with one attached hydrogen (secondary N) is 2. The SMILES string of the molecule is COCC1CCCN1NC(=O)C1=CCC=C(C(=O)N2CCCN(CC(=O)O)CC2)N1. The lowest BCUT2D eigenvalue weighted by Crippen LogP contribution is -2.49. The predicted octanol–water partition coefficient (Wildman–Crippen LogP) is -0.492. The molecule has 2 amide bonds. The molecule has 0 aromatic rings. The Hall–Kier alpha value is -2.43. The van der Waals surface area contributed by atoms with Crippen LogP contribution in [-0.2, 0) is 19.1 Å². The summed E-state index contributed by atoms with van der Waals surface area (Å²) in [6, 6.07) is 0.158. The fraction of sp³-hybridized carbons (Fsp3) is 0.650. The number of allylic oxidation sites excluding steroid dienone is 2. The molecule has 10 heteroatoms. The molecule has 3 heterocycles. The molecule has 10 nitrogen and oxygen atoms in total. The van der Waals surface area contributed by atoms with Crippen LogP contribution in [0.15, 0.2) is 23.5 Å². The summed E-state index contributed by atoms with van der Waals surface area (Å²) >= 11 is 0. The second kappa shape index (κ2) is 10.6. The van der Waals surface area contributed by atoms with Crippen molar-refractivity contribution in [1.29, 1.82) is 0 Å². The van der Waals surface area contributed by atoms with E-state index >= 15 is 0 Å². The smallest absolute Gasteiger partial charge is 0.317 e. The summed E-state index contributed by atoms with van der Waals surface area (Å²) in [7, 11) is 1.65. The molecule has 3 rings (SSSR count). The van der Waals surface area contributed by atoms with Crippen molar-refractivity contribution in [1.82, 2.24) is 25.6 Å². The van der Waals surface area contributed by atoms with Gasteiger partial charge in [-0.2, -0.15) is 0 Å². The lowest BCUT2D eigenvalue weighted by molar-refractivity contribution is -0.138. The standard InChI is InChI=1S/C20H31N5O5/c1-30-14-15-5-3-10-25(15)22-19(28)16-6-2-7-17(21-16)20(29)24-9-4-8-23(11-12-24)13-18(26)27/h6-7,15,21H,2-5,8-14H2,1H3,(H,22,28)(H,26,27). The average molecular weight is 421 g/mol. The molecule has 1 unspecified atom stereocenters. The Morgan fingerprint density at radius 2 is 1.93 bits per heavy atom. The molecule has 0 spiro atoms. The van der Waals surface area contributed by atoms with Crippen LogP contribution in [0.25, 0.3) is 0 Å². The van der Waals surface area contributed by atoms with E-state index < -0.39 is 5.97 Å². The number of carbonyl (C=O) groups is 3. The molecule has 0 saturated carbocycles. The number of amides is 2. The average Bonchev–Trinajstić information content (AvgIpc) is 3.02. The van der Waals surface area contributed by atoms with Gasteiger partial charge in [-0.1, -0.05) is 12.2 Å². The van der Waals surface area contributed by atoms with E-state index in [1.807, 2.05) is 9.91 Å². The number of ether oxygens (including phenoxy) is 1. The minimum atomic E-state index is -0.863. The number of carboxylic acids is 1. The maximum atomic E-state index is 13.0. The number of hydrazine groups is 1. The number of carboxylic acid groups (broad SMARTS) is 1. The molecule has 0 aromatic carbocycles. The number of methoxy groups -OCH3 is 1. The third kappa shape index (κ3) is 5.80. The first-order chi connectivity index (χ1) is 14.5. The summed E-state index contributed by atoms with van der Waals surface area (Å²) < 4.78 is 5.22. The number of dihydropyridines is 1. The van der Waals surface area contributed by atoms with Gasteiger partial charge >= 0.3 is 5.97 Å². The van der Waals surface area contributed by atoms with Gasteiger partial charge < -0.3 is 20.1 Å². The van der Waals surface area contributed by atoms with Gasteiger partial charge in [0.25, 0.3) is 11.8 Å². The maximum Gasteiger partial charge on any atom is 0.317 e. The van der Waals surface area contributed by atoms with Gasteiger partial charge in [0.05, 0.1) is 19.2 Å². The summed E-state index contributed by atoms with van der Waals surface area (Å²) in [5.74, 6) is -1.29. The Labute approximate surface area is 176 Å². The van der Waals surface area contributed by atoms with Crippen LogP contribution in [0.4, 0.5) is 0 Å². The van der Waals surface area contributed by atoms with Crippen molar-refractivity contribution in [2.45, 2.75) is 31.7 Å². The molecular weight excluding hydrogens is 390 g/mol. The van der Waals surface area contributed by atoms with E-state index in [9.17, 15) is 14.4 Å². The third-order valence-corrected chi connectivity index (χ3v) is 5.60. The van der Waals surface area contributed by atoms with E-state index in [0.717, 1.165) is 19.4 Å². The predicted molar refractivity (Wildman–Crippen MR) is 109 cm³/mol. The van der Waals surface area contributed by atoms with Crippen LogP contribution in [0.1, 0.15) is 25.7 Å². The number of rotatable bonds is 7. The highest BCUT2D eigenvalue weighted by Crippen LogP contribution is 2.17. The molecule has 1 atom stereocenters. The Balaban J connectivity index is 1.53. The van der Waals surface area contributed by atoms with Crippen molar-refractivity contribution < 1.29 is 24.2 Å². The highest BCUT2D eigenvalue weighted by atomic mass is 16.5. The minimum Gasteiger partial charge on any atom is -0.480 e.